The van der Waals surface area contributed by atoms with E-state index in [4.69, 9.17) is 4.74 Å². The van der Waals surface area contributed by atoms with Gasteiger partial charge in [0.2, 0.25) is 0 Å². The third-order valence-corrected chi connectivity index (χ3v) is 5.90. The smallest absolute Gasteiger partial charge is 0.270 e. The number of piperazine rings is 1. The van der Waals surface area contributed by atoms with Gasteiger partial charge in [0.15, 0.2) is 0 Å². The van der Waals surface area contributed by atoms with Gasteiger partial charge in [-0.3, -0.25) is 4.79 Å². The number of hydrogen-bond acceptors (Lipinski definition) is 4. The Morgan fingerprint density at radius 2 is 1.96 bits per heavy atom. The number of aromatic nitrogens is 1. The van der Waals surface area contributed by atoms with Crippen LogP contribution in [0.3, 0.4) is 0 Å². The maximum atomic E-state index is 13.1. The second-order valence-corrected chi connectivity index (χ2v) is 7.37. The van der Waals surface area contributed by atoms with Crippen molar-refractivity contribution in [1.82, 2.24) is 9.47 Å². The zero-order valence-corrected chi connectivity index (χ0v) is 16.0. The third-order valence-electron chi connectivity index (χ3n) is 5.04. The van der Waals surface area contributed by atoms with Crippen LogP contribution in [0.4, 0.5) is 5.69 Å². The molecule has 0 saturated carbocycles. The van der Waals surface area contributed by atoms with Gasteiger partial charge in [0.05, 0.1) is 17.3 Å². The molecule has 3 aromatic rings. The summed E-state index contributed by atoms with van der Waals surface area (Å²) in [7, 11) is 1.68. The Kier molecular flexibility index (Phi) is 4.59. The minimum absolute atomic E-state index is 0.139. The summed E-state index contributed by atoms with van der Waals surface area (Å²) in [6.07, 6.45) is 0. The molecule has 0 aliphatic carbocycles. The first kappa shape index (κ1) is 17.0. The van der Waals surface area contributed by atoms with Crippen molar-refractivity contribution < 1.29 is 9.53 Å². The fraction of sp³-hybridized carbons (Fsp3) is 0.350. The lowest BCUT2D eigenvalue weighted by molar-refractivity contribution is 0.0736. The van der Waals surface area contributed by atoms with Crippen LogP contribution in [0.1, 0.15) is 17.4 Å². The number of thiophene rings is 1. The maximum Gasteiger partial charge on any atom is 0.270 e. The molecule has 1 amide bonds. The predicted octanol–water partition coefficient (Wildman–Crippen LogP) is 3.69. The molecule has 0 radical (unpaired) electrons. The number of aryl methyl sites for hydroxylation is 1. The summed E-state index contributed by atoms with van der Waals surface area (Å²) < 4.78 is 8.63. The fourth-order valence-electron chi connectivity index (χ4n) is 3.63. The molecular weight excluding hydrogens is 346 g/mol. The lowest BCUT2D eigenvalue weighted by Gasteiger charge is -2.36. The Balaban J connectivity index is 1.48. The number of ether oxygens (including phenoxy) is 1. The fourth-order valence-corrected chi connectivity index (χ4v) is 4.45. The summed E-state index contributed by atoms with van der Waals surface area (Å²) in [4.78, 5) is 17.3. The van der Waals surface area contributed by atoms with E-state index in [0.717, 1.165) is 55.4 Å². The molecule has 3 heterocycles. The van der Waals surface area contributed by atoms with Gasteiger partial charge in [-0.25, -0.2) is 0 Å². The minimum Gasteiger partial charge on any atom is -0.497 e. The van der Waals surface area contributed by atoms with E-state index in [9.17, 15) is 4.79 Å². The number of amides is 1. The van der Waals surface area contributed by atoms with Gasteiger partial charge in [-0.2, -0.15) is 0 Å². The van der Waals surface area contributed by atoms with Gasteiger partial charge in [0.1, 0.15) is 11.4 Å². The van der Waals surface area contributed by atoms with E-state index in [1.807, 2.05) is 29.2 Å². The van der Waals surface area contributed by atoms with Crippen molar-refractivity contribution in [3.63, 3.8) is 0 Å². The normalized spacial score (nSPS) is 14.8. The van der Waals surface area contributed by atoms with Gasteiger partial charge in [-0.15, -0.1) is 11.3 Å². The molecule has 136 valence electrons. The first-order valence-corrected chi connectivity index (χ1v) is 9.84. The number of nitrogens with zero attached hydrogens (tertiary/aromatic N) is 3. The Morgan fingerprint density at radius 1 is 1.15 bits per heavy atom. The van der Waals surface area contributed by atoms with Crippen molar-refractivity contribution in [3.05, 3.63) is 47.5 Å². The van der Waals surface area contributed by atoms with Gasteiger partial charge in [-0.05, 0) is 36.6 Å². The summed E-state index contributed by atoms with van der Waals surface area (Å²) >= 11 is 1.69. The highest BCUT2D eigenvalue weighted by atomic mass is 32.1. The quantitative estimate of drug-likeness (QED) is 0.704. The standard InChI is InChI=1S/C20H23N3O2S/c1-3-23-17-7-12-26-19(17)14-18(23)20(24)22-10-8-21(9-11-22)15-5-4-6-16(13-15)25-2/h4-7,12-14H,3,8-11H2,1-2H3. The Bertz CT molecular complexity index is 922. The average molecular weight is 369 g/mol. The molecule has 1 aromatic carbocycles. The zero-order chi connectivity index (χ0) is 18.1. The molecule has 0 bridgehead atoms. The third kappa shape index (κ3) is 2.94. The summed E-state index contributed by atoms with van der Waals surface area (Å²) in [6.45, 7) is 6.04. The van der Waals surface area contributed by atoms with E-state index < -0.39 is 0 Å². The Hall–Kier alpha value is -2.47. The number of anilines is 1. The van der Waals surface area contributed by atoms with Crippen molar-refractivity contribution in [2.24, 2.45) is 0 Å². The first-order chi connectivity index (χ1) is 12.7. The molecule has 1 saturated heterocycles. The minimum atomic E-state index is 0.139. The molecule has 0 N–H and O–H groups in total. The van der Waals surface area contributed by atoms with Crippen LogP contribution in [-0.4, -0.2) is 48.7 Å². The zero-order valence-electron chi connectivity index (χ0n) is 15.1. The summed E-state index contributed by atoms with van der Waals surface area (Å²) in [6, 6.07) is 12.2. The second-order valence-electron chi connectivity index (χ2n) is 6.42. The highest BCUT2D eigenvalue weighted by molar-refractivity contribution is 7.17. The van der Waals surface area contributed by atoms with Gasteiger partial charge in [-0.1, -0.05) is 6.07 Å². The topological polar surface area (TPSA) is 37.7 Å². The van der Waals surface area contributed by atoms with Crippen molar-refractivity contribution in [2.45, 2.75) is 13.5 Å². The first-order valence-electron chi connectivity index (χ1n) is 8.96. The Labute approximate surface area is 157 Å². The van der Waals surface area contributed by atoms with Crippen LogP contribution in [0.25, 0.3) is 10.2 Å². The van der Waals surface area contributed by atoms with Crippen molar-refractivity contribution in [2.75, 3.05) is 38.2 Å². The highest BCUT2D eigenvalue weighted by Crippen LogP contribution is 2.27. The van der Waals surface area contributed by atoms with Gasteiger partial charge in [0, 0.05) is 44.5 Å². The maximum absolute atomic E-state index is 13.1. The summed E-state index contributed by atoms with van der Waals surface area (Å²) in [5.41, 5.74) is 3.12. The molecule has 0 atom stereocenters. The number of benzene rings is 1. The largest absolute Gasteiger partial charge is 0.497 e. The molecule has 5 nitrogen and oxygen atoms in total. The molecule has 2 aromatic heterocycles. The van der Waals surface area contributed by atoms with Crippen LogP contribution >= 0.6 is 11.3 Å². The van der Waals surface area contributed by atoms with Crippen LogP contribution in [0.5, 0.6) is 5.75 Å². The van der Waals surface area contributed by atoms with Crippen molar-refractivity contribution in [3.8, 4) is 5.75 Å². The van der Waals surface area contributed by atoms with Crippen molar-refractivity contribution in [1.29, 1.82) is 0 Å². The molecule has 0 unspecified atom stereocenters. The lowest BCUT2D eigenvalue weighted by Crippen LogP contribution is -2.49. The number of fused-ring (bicyclic) bond motifs is 1. The summed E-state index contributed by atoms with van der Waals surface area (Å²) in [5.74, 6) is 1.00. The second kappa shape index (κ2) is 7.03. The number of carbonyl (C=O) groups is 1. The van der Waals surface area contributed by atoms with Gasteiger partial charge in [0.25, 0.3) is 5.91 Å². The molecular formula is C20H23N3O2S. The van der Waals surface area contributed by atoms with Crippen LogP contribution in [0.15, 0.2) is 41.8 Å². The molecule has 1 aliphatic rings. The SMILES string of the molecule is CCn1c(C(=O)N2CCN(c3cccc(OC)c3)CC2)cc2sccc21. The molecule has 6 heteroatoms. The molecule has 1 aliphatic heterocycles. The van der Waals surface area contributed by atoms with E-state index in [2.05, 4.69) is 33.9 Å². The van der Waals surface area contributed by atoms with Gasteiger partial charge < -0.3 is 19.1 Å². The molecule has 4 rings (SSSR count). The average Bonchev–Trinajstić information content (AvgIpc) is 3.28. The number of rotatable bonds is 4. The number of hydrogen-bond donors (Lipinski definition) is 0. The van der Waals surface area contributed by atoms with Crippen LogP contribution in [0.2, 0.25) is 0 Å². The number of methoxy groups -OCH3 is 1. The van der Waals surface area contributed by atoms with Crippen LogP contribution < -0.4 is 9.64 Å². The lowest BCUT2D eigenvalue weighted by atomic mass is 10.2. The van der Waals surface area contributed by atoms with E-state index in [1.54, 1.807) is 18.4 Å². The van der Waals surface area contributed by atoms with Gasteiger partial charge >= 0.3 is 0 Å². The summed E-state index contributed by atoms with van der Waals surface area (Å²) in [5, 5.41) is 2.08. The molecule has 26 heavy (non-hydrogen) atoms. The van der Waals surface area contributed by atoms with E-state index in [0.29, 0.717) is 0 Å². The molecule has 1 fully saturated rings. The van der Waals surface area contributed by atoms with Crippen molar-refractivity contribution >= 4 is 33.1 Å². The molecule has 0 spiro atoms. The number of carbonyl (C=O) groups excluding carboxylic acids is 1. The van der Waals surface area contributed by atoms with E-state index in [1.165, 1.54) is 4.70 Å². The monoisotopic (exact) mass is 369 g/mol. The van der Waals surface area contributed by atoms with E-state index in [-0.39, 0.29) is 5.91 Å². The Morgan fingerprint density at radius 3 is 2.69 bits per heavy atom. The van der Waals surface area contributed by atoms with Crippen LogP contribution in [-0.2, 0) is 6.54 Å². The highest BCUT2D eigenvalue weighted by Gasteiger charge is 2.25. The van der Waals surface area contributed by atoms with Crippen LogP contribution in [0, 0.1) is 0 Å². The predicted molar refractivity (Wildman–Crippen MR) is 107 cm³/mol. The van der Waals surface area contributed by atoms with E-state index >= 15 is 0 Å².